The largest absolute Gasteiger partial charge is 0.493 e. The van der Waals surface area contributed by atoms with Gasteiger partial charge in [-0.15, -0.1) is 0 Å². The van der Waals surface area contributed by atoms with Crippen LogP contribution < -0.4 is 4.74 Å². The van der Waals surface area contributed by atoms with Crippen LogP contribution in [0.3, 0.4) is 0 Å². The van der Waals surface area contributed by atoms with E-state index < -0.39 is 0 Å². The van der Waals surface area contributed by atoms with Crippen molar-refractivity contribution < 1.29 is 4.74 Å². The van der Waals surface area contributed by atoms with Crippen molar-refractivity contribution in [3.05, 3.63) is 63.2 Å². The topological polar surface area (TPSA) is 36.3 Å². The minimum absolute atomic E-state index is 0.631. The lowest BCUT2D eigenvalue weighted by Gasteiger charge is -2.31. The van der Waals surface area contributed by atoms with Gasteiger partial charge in [-0.05, 0) is 96.4 Å². The van der Waals surface area contributed by atoms with E-state index in [0.29, 0.717) is 5.92 Å². The number of rotatable bonds is 5. The molecule has 124 valence electrons. The van der Waals surface area contributed by atoms with Gasteiger partial charge in [0.2, 0.25) is 0 Å². The minimum atomic E-state index is 0.631. The molecule has 0 aliphatic carbocycles. The third kappa shape index (κ3) is 4.96. The quantitative estimate of drug-likeness (QED) is 0.655. The van der Waals surface area contributed by atoms with E-state index in [2.05, 4.69) is 51.8 Å². The number of hydrogen-bond donors (Lipinski definition) is 0. The van der Waals surface area contributed by atoms with E-state index in [0.717, 1.165) is 37.6 Å². The predicted octanol–water partition coefficient (Wildman–Crippen LogP) is 4.45. The molecule has 1 heterocycles. The van der Waals surface area contributed by atoms with E-state index >= 15 is 0 Å². The highest BCUT2D eigenvalue weighted by Crippen LogP contribution is 2.21. The molecule has 0 bridgehead atoms. The Morgan fingerprint density at radius 1 is 1.12 bits per heavy atom. The summed E-state index contributed by atoms with van der Waals surface area (Å²) in [6, 6.07) is 18.4. The van der Waals surface area contributed by atoms with Gasteiger partial charge in [0.15, 0.2) is 0 Å². The van der Waals surface area contributed by atoms with Crippen molar-refractivity contribution in [3.63, 3.8) is 0 Å². The van der Waals surface area contributed by atoms with E-state index in [9.17, 15) is 0 Å². The van der Waals surface area contributed by atoms with Crippen LogP contribution in [0.4, 0.5) is 0 Å². The molecule has 1 fully saturated rings. The molecular formula is C20H21IN2O. The number of likely N-dealkylation sites (tertiary alicyclic amines) is 1. The van der Waals surface area contributed by atoms with Gasteiger partial charge in [-0.1, -0.05) is 12.1 Å². The fourth-order valence-electron chi connectivity index (χ4n) is 3.05. The Kier molecular flexibility index (Phi) is 6.11. The molecule has 3 rings (SSSR count). The summed E-state index contributed by atoms with van der Waals surface area (Å²) in [7, 11) is 0. The molecule has 4 heteroatoms. The smallest absolute Gasteiger partial charge is 0.119 e. The molecule has 0 radical (unpaired) electrons. The Labute approximate surface area is 157 Å². The van der Waals surface area contributed by atoms with Gasteiger partial charge >= 0.3 is 0 Å². The van der Waals surface area contributed by atoms with Crippen molar-refractivity contribution in [2.75, 3.05) is 19.7 Å². The summed E-state index contributed by atoms with van der Waals surface area (Å²) < 4.78 is 7.16. The molecule has 24 heavy (non-hydrogen) atoms. The molecule has 1 saturated heterocycles. The van der Waals surface area contributed by atoms with Crippen molar-refractivity contribution in [1.82, 2.24) is 4.90 Å². The molecule has 2 aromatic rings. The molecule has 0 unspecified atom stereocenters. The van der Waals surface area contributed by atoms with Crippen LogP contribution in [0.25, 0.3) is 0 Å². The van der Waals surface area contributed by atoms with Crippen molar-refractivity contribution in [3.8, 4) is 11.8 Å². The van der Waals surface area contributed by atoms with Crippen LogP contribution >= 0.6 is 22.6 Å². The lowest BCUT2D eigenvalue weighted by atomic mass is 9.97. The molecular weight excluding hydrogens is 411 g/mol. The third-order valence-electron chi connectivity index (χ3n) is 4.47. The van der Waals surface area contributed by atoms with Crippen molar-refractivity contribution >= 4 is 22.6 Å². The zero-order valence-electron chi connectivity index (χ0n) is 13.6. The lowest BCUT2D eigenvalue weighted by molar-refractivity contribution is 0.136. The highest BCUT2D eigenvalue weighted by Gasteiger charge is 2.19. The van der Waals surface area contributed by atoms with E-state index in [1.165, 1.54) is 22.0 Å². The van der Waals surface area contributed by atoms with Crippen molar-refractivity contribution in [2.45, 2.75) is 19.4 Å². The molecule has 2 aromatic carbocycles. The first-order valence-corrected chi connectivity index (χ1v) is 9.40. The number of halogens is 1. The second-order valence-corrected chi connectivity index (χ2v) is 7.54. The van der Waals surface area contributed by atoms with E-state index in [1.807, 2.05) is 30.3 Å². The Morgan fingerprint density at radius 3 is 2.58 bits per heavy atom. The van der Waals surface area contributed by atoms with Crippen LogP contribution in [-0.2, 0) is 6.54 Å². The summed E-state index contributed by atoms with van der Waals surface area (Å²) in [6.45, 7) is 3.92. The first kappa shape index (κ1) is 17.2. The van der Waals surface area contributed by atoms with Gasteiger partial charge in [0.1, 0.15) is 5.75 Å². The zero-order valence-corrected chi connectivity index (χ0v) is 15.8. The monoisotopic (exact) mass is 432 g/mol. The van der Waals surface area contributed by atoms with Crippen LogP contribution in [-0.4, -0.2) is 24.6 Å². The second kappa shape index (κ2) is 8.50. The van der Waals surface area contributed by atoms with Gasteiger partial charge in [-0.2, -0.15) is 5.26 Å². The summed E-state index contributed by atoms with van der Waals surface area (Å²) in [4.78, 5) is 2.47. The molecule has 0 saturated carbocycles. The Morgan fingerprint density at radius 2 is 1.88 bits per heavy atom. The highest BCUT2D eigenvalue weighted by molar-refractivity contribution is 14.1. The Bertz CT molecular complexity index is 700. The third-order valence-corrected chi connectivity index (χ3v) is 5.19. The maximum atomic E-state index is 8.99. The van der Waals surface area contributed by atoms with Gasteiger partial charge in [0.05, 0.1) is 18.2 Å². The predicted molar refractivity (Wildman–Crippen MR) is 104 cm³/mol. The maximum Gasteiger partial charge on any atom is 0.119 e. The summed E-state index contributed by atoms with van der Waals surface area (Å²) in [5, 5.41) is 8.99. The van der Waals surface area contributed by atoms with Crippen LogP contribution in [0.5, 0.6) is 5.75 Å². The molecule has 1 aliphatic heterocycles. The van der Waals surface area contributed by atoms with Gasteiger partial charge < -0.3 is 4.74 Å². The molecule has 0 amide bonds. The number of piperidine rings is 1. The van der Waals surface area contributed by atoms with Crippen molar-refractivity contribution in [2.24, 2.45) is 5.92 Å². The summed E-state index contributed by atoms with van der Waals surface area (Å²) in [6.07, 6.45) is 2.34. The summed E-state index contributed by atoms with van der Waals surface area (Å²) in [5.41, 5.74) is 1.97. The van der Waals surface area contributed by atoms with E-state index in [1.54, 1.807) is 0 Å². The Hall–Kier alpha value is -1.58. The van der Waals surface area contributed by atoms with Gasteiger partial charge in [-0.25, -0.2) is 0 Å². The summed E-state index contributed by atoms with van der Waals surface area (Å²) >= 11 is 2.30. The van der Waals surface area contributed by atoms with Gasteiger partial charge in [0, 0.05) is 10.1 Å². The second-order valence-electron chi connectivity index (χ2n) is 6.30. The van der Waals surface area contributed by atoms with Gasteiger partial charge in [-0.3, -0.25) is 4.90 Å². The average Bonchev–Trinajstić information content (AvgIpc) is 2.63. The van der Waals surface area contributed by atoms with E-state index in [-0.39, 0.29) is 0 Å². The maximum absolute atomic E-state index is 8.99. The first-order chi connectivity index (χ1) is 11.7. The SMILES string of the molecule is N#Cc1cccc(CN2CCC(COc3ccc(I)cc3)CC2)c1. The molecule has 3 nitrogen and oxygen atoms in total. The number of ether oxygens (including phenoxy) is 1. The number of benzene rings is 2. The molecule has 0 N–H and O–H groups in total. The molecule has 0 atom stereocenters. The van der Waals surface area contributed by atoms with E-state index in [4.69, 9.17) is 10.00 Å². The van der Waals surface area contributed by atoms with Gasteiger partial charge in [0.25, 0.3) is 0 Å². The average molecular weight is 432 g/mol. The van der Waals surface area contributed by atoms with Crippen molar-refractivity contribution in [1.29, 1.82) is 5.26 Å². The van der Waals surface area contributed by atoms with Crippen LogP contribution in [0.2, 0.25) is 0 Å². The number of nitriles is 1. The van der Waals surface area contributed by atoms with Crippen LogP contribution in [0, 0.1) is 20.8 Å². The fourth-order valence-corrected chi connectivity index (χ4v) is 3.41. The molecule has 0 aromatic heterocycles. The number of hydrogen-bond acceptors (Lipinski definition) is 3. The van der Waals surface area contributed by atoms with Crippen LogP contribution in [0.15, 0.2) is 48.5 Å². The zero-order chi connectivity index (χ0) is 16.8. The lowest BCUT2D eigenvalue weighted by Crippen LogP contribution is -2.35. The normalized spacial score (nSPS) is 15.8. The first-order valence-electron chi connectivity index (χ1n) is 8.33. The summed E-state index contributed by atoms with van der Waals surface area (Å²) in [5.74, 6) is 1.59. The van der Waals surface area contributed by atoms with Crippen LogP contribution in [0.1, 0.15) is 24.0 Å². The highest BCUT2D eigenvalue weighted by atomic mass is 127. The number of nitrogens with zero attached hydrogens (tertiary/aromatic N) is 2. The molecule has 1 aliphatic rings. The minimum Gasteiger partial charge on any atom is -0.493 e. The standard InChI is InChI=1S/C20H21IN2O/c21-19-4-6-20(7-5-19)24-15-16-8-10-23(11-9-16)14-18-3-1-2-17(12-18)13-22/h1-7,12,16H,8-11,14-15H2. The Balaban J connectivity index is 1.43. The fraction of sp³-hybridized carbons (Fsp3) is 0.350. The molecule has 0 spiro atoms.